The van der Waals surface area contributed by atoms with E-state index in [4.69, 9.17) is 9.47 Å². The van der Waals surface area contributed by atoms with E-state index < -0.39 is 0 Å². The molecule has 0 aliphatic rings. The van der Waals surface area contributed by atoms with E-state index in [2.05, 4.69) is 10.3 Å². The SMILES string of the molecule is COCCOCC(=O)NC(C)Cc1ncccc1C. The van der Waals surface area contributed by atoms with Gasteiger partial charge in [0.05, 0.1) is 13.2 Å². The van der Waals surface area contributed by atoms with Gasteiger partial charge in [0.1, 0.15) is 6.61 Å². The third-order valence-electron chi connectivity index (χ3n) is 2.69. The van der Waals surface area contributed by atoms with Gasteiger partial charge >= 0.3 is 0 Å². The Morgan fingerprint density at radius 1 is 1.47 bits per heavy atom. The summed E-state index contributed by atoms with van der Waals surface area (Å²) in [5, 5.41) is 2.89. The summed E-state index contributed by atoms with van der Waals surface area (Å²) in [6, 6.07) is 3.96. The van der Waals surface area contributed by atoms with Crippen molar-refractivity contribution in [2.24, 2.45) is 0 Å². The Balaban J connectivity index is 2.29. The van der Waals surface area contributed by atoms with Crippen LogP contribution < -0.4 is 5.32 Å². The monoisotopic (exact) mass is 266 g/mol. The van der Waals surface area contributed by atoms with Crippen LogP contribution >= 0.6 is 0 Å². The van der Waals surface area contributed by atoms with Crippen LogP contribution in [0.2, 0.25) is 0 Å². The largest absolute Gasteiger partial charge is 0.382 e. The van der Waals surface area contributed by atoms with E-state index in [0.29, 0.717) is 13.2 Å². The minimum atomic E-state index is -0.114. The minimum absolute atomic E-state index is 0.0344. The second kappa shape index (κ2) is 8.61. The van der Waals surface area contributed by atoms with Crippen molar-refractivity contribution < 1.29 is 14.3 Å². The van der Waals surface area contributed by atoms with Crippen LogP contribution in [0.25, 0.3) is 0 Å². The van der Waals surface area contributed by atoms with Crippen molar-refractivity contribution in [1.29, 1.82) is 0 Å². The lowest BCUT2D eigenvalue weighted by molar-refractivity contribution is -0.126. The number of nitrogens with zero attached hydrogens (tertiary/aromatic N) is 1. The van der Waals surface area contributed by atoms with Crippen LogP contribution in [-0.4, -0.2) is 43.9 Å². The number of hydrogen-bond donors (Lipinski definition) is 1. The molecule has 0 saturated heterocycles. The van der Waals surface area contributed by atoms with Crippen LogP contribution in [0.5, 0.6) is 0 Å². The predicted molar refractivity (Wildman–Crippen MR) is 73.0 cm³/mol. The number of carbonyl (C=O) groups excluding carboxylic acids is 1. The molecule has 1 unspecified atom stereocenters. The lowest BCUT2D eigenvalue weighted by Gasteiger charge is -2.14. The van der Waals surface area contributed by atoms with Gasteiger partial charge in [-0.3, -0.25) is 9.78 Å². The number of aryl methyl sites for hydroxylation is 1. The molecule has 0 radical (unpaired) electrons. The first kappa shape index (κ1) is 15.6. The highest BCUT2D eigenvalue weighted by Crippen LogP contribution is 2.06. The predicted octanol–water partition coefficient (Wildman–Crippen LogP) is 1.10. The number of rotatable bonds is 8. The highest BCUT2D eigenvalue weighted by molar-refractivity contribution is 5.77. The minimum Gasteiger partial charge on any atom is -0.382 e. The Morgan fingerprint density at radius 3 is 2.95 bits per heavy atom. The van der Waals surface area contributed by atoms with Crippen molar-refractivity contribution in [3.63, 3.8) is 0 Å². The van der Waals surface area contributed by atoms with E-state index in [1.165, 1.54) is 0 Å². The molecular formula is C14H22N2O3. The normalized spacial score (nSPS) is 12.2. The molecule has 5 heteroatoms. The summed E-state index contributed by atoms with van der Waals surface area (Å²) < 4.78 is 9.99. The zero-order chi connectivity index (χ0) is 14.1. The molecule has 0 aromatic carbocycles. The number of carbonyl (C=O) groups is 1. The molecule has 1 atom stereocenters. The fourth-order valence-electron chi connectivity index (χ4n) is 1.70. The molecule has 0 aliphatic heterocycles. The van der Waals surface area contributed by atoms with E-state index >= 15 is 0 Å². The Labute approximate surface area is 114 Å². The van der Waals surface area contributed by atoms with E-state index in [9.17, 15) is 4.79 Å². The van der Waals surface area contributed by atoms with Crippen LogP contribution in [0.3, 0.4) is 0 Å². The van der Waals surface area contributed by atoms with Gasteiger partial charge in [-0.05, 0) is 25.5 Å². The summed E-state index contributed by atoms with van der Waals surface area (Å²) in [5.41, 5.74) is 2.15. The maximum absolute atomic E-state index is 11.6. The average Bonchev–Trinajstić information content (AvgIpc) is 2.37. The smallest absolute Gasteiger partial charge is 0.246 e. The van der Waals surface area contributed by atoms with Crippen molar-refractivity contribution in [2.75, 3.05) is 26.9 Å². The fraction of sp³-hybridized carbons (Fsp3) is 0.571. The van der Waals surface area contributed by atoms with Crippen molar-refractivity contribution in [3.05, 3.63) is 29.6 Å². The van der Waals surface area contributed by atoms with Crippen molar-refractivity contribution >= 4 is 5.91 Å². The van der Waals surface area contributed by atoms with E-state index in [1.54, 1.807) is 13.3 Å². The van der Waals surface area contributed by atoms with E-state index in [-0.39, 0.29) is 18.6 Å². The Morgan fingerprint density at radius 2 is 2.26 bits per heavy atom. The van der Waals surface area contributed by atoms with E-state index in [0.717, 1.165) is 17.7 Å². The lowest BCUT2D eigenvalue weighted by atomic mass is 10.1. The summed E-state index contributed by atoms with van der Waals surface area (Å²) in [7, 11) is 1.60. The molecule has 1 heterocycles. The molecule has 1 N–H and O–H groups in total. The third-order valence-corrected chi connectivity index (χ3v) is 2.69. The molecule has 19 heavy (non-hydrogen) atoms. The van der Waals surface area contributed by atoms with Gasteiger partial charge in [-0.25, -0.2) is 0 Å². The van der Waals surface area contributed by atoms with Crippen LogP contribution in [0.15, 0.2) is 18.3 Å². The summed E-state index contributed by atoms with van der Waals surface area (Å²) in [6.07, 6.45) is 2.49. The molecule has 0 aliphatic carbocycles. The Bertz CT molecular complexity index is 396. The van der Waals surface area contributed by atoms with Crippen LogP contribution in [0.4, 0.5) is 0 Å². The van der Waals surface area contributed by atoms with Gasteiger partial charge in [-0.15, -0.1) is 0 Å². The molecule has 1 rings (SSSR count). The molecule has 0 fully saturated rings. The zero-order valence-corrected chi connectivity index (χ0v) is 11.8. The maximum Gasteiger partial charge on any atom is 0.246 e. The van der Waals surface area contributed by atoms with Gasteiger partial charge in [-0.2, -0.15) is 0 Å². The standard InChI is InChI=1S/C14H22N2O3/c1-11-5-4-6-15-13(11)9-12(2)16-14(17)10-19-8-7-18-3/h4-6,12H,7-10H2,1-3H3,(H,16,17). The second-order valence-corrected chi connectivity index (χ2v) is 4.49. The first-order chi connectivity index (χ1) is 9.13. The van der Waals surface area contributed by atoms with Crippen LogP contribution in [0.1, 0.15) is 18.2 Å². The Kier molecular flexibility index (Phi) is 7.07. The fourth-order valence-corrected chi connectivity index (χ4v) is 1.70. The molecule has 1 aromatic rings. The van der Waals surface area contributed by atoms with Gasteiger partial charge in [-0.1, -0.05) is 6.07 Å². The molecule has 0 saturated carbocycles. The summed E-state index contributed by atoms with van der Waals surface area (Å²) in [5.74, 6) is -0.114. The molecule has 0 bridgehead atoms. The molecule has 1 amide bonds. The summed E-state index contributed by atoms with van der Waals surface area (Å²) in [4.78, 5) is 15.9. The van der Waals surface area contributed by atoms with Gasteiger partial charge in [0, 0.05) is 31.5 Å². The highest BCUT2D eigenvalue weighted by atomic mass is 16.5. The average molecular weight is 266 g/mol. The first-order valence-electron chi connectivity index (χ1n) is 6.40. The van der Waals surface area contributed by atoms with Gasteiger partial charge in [0.25, 0.3) is 0 Å². The second-order valence-electron chi connectivity index (χ2n) is 4.49. The van der Waals surface area contributed by atoms with Crippen LogP contribution in [0, 0.1) is 6.92 Å². The summed E-state index contributed by atoms with van der Waals surface area (Å²) >= 11 is 0. The van der Waals surface area contributed by atoms with E-state index in [1.807, 2.05) is 26.0 Å². The number of methoxy groups -OCH3 is 1. The first-order valence-corrected chi connectivity index (χ1v) is 6.40. The highest BCUT2D eigenvalue weighted by Gasteiger charge is 2.10. The molecular weight excluding hydrogens is 244 g/mol. The number of nitrogens with one attached hydrogen (secondary N) is 1. The van der Waals surface area contributed by atoms with Crippen molar-refractivity contribution in [1.82, 2.24) is 10.3 Å². The quantitative estimate of drug-likeness (QED) is 0.716. The lowest BCUT2D eigenvalue weighted by Crippen LogP contribution is -2.37. The summed E-state index contributed by atoms with van der Waals surface area (Å²) in [6.45, 7) is 4.97. The molecule has 1 aromatic heterocycles. The number of ether oxygens (including phenoxy) is 2. The Hall–Kier alpha value is -1.46. The van der Waals surface area contributed by atoms with Crippen molar-refractivity contribution in [3.8, 4) is 0 Å². The van der Waals surface area contributed by atoms with Crippen LogP contribution in [-0.2, 0) is 20.7 Å². The molecule has 106 valence electrons. The van der Waals surface area contributed by atoms with Crippen molar-refractivity contribution in [2.45, 2.75) is 26.3 Å². The number of pyridine rings is 1. The molecule has 5 nitrogen and oxygen atoms in total. The number of amides is 1. The van der Waals surface area contributed by atoms with Gasteiger partial charge in [0.2, 0.25) is 5.91 Å². The van der Waals surface area contributed by atoms with Gasteiger partial charge < -0.3 is 14.8 Å². The maximum atomic E-state index is 11.6. The number of aromatic nitrogens is 1. The topological polar surface area (TPSA) is 60.5 Å². The third kappa shape index (κ3) is 6.31. The zero-order valence-electron chi connectivity index (χ0n) is 11.8. The number of hydrogen-bond acceptors (Lipinski definition) is 4. The van der Waals surface area contributed by atoms with Gasteiger partial charge in [0.15, 0.2) is 0 Å². The molecule has 0 spiro atoms.